The van der Waals surface area contributed by atoms with Gasteiger partial charge in [0.05, 0.1) is 12.7 Å². The Labute approximate surface area is 182 Å². The van der Waals surface area contributed by atoms with Gasteiger partial charge in [-0.3, -0.25) is 14.1 Å². The first kappa shape index (κ1) is 26.9. The van der Waals surface area contributed by atoms with E-state index in [1.165, 1.54) is 6.92 Å². The third kappa shape index (κ3) is 6.61. The zero-order valence-corrected chi connectivity index (χ0v) is 17.9. The van der Waals surface area contributed by atoms with Gasteiger partial charge in [-0.15, -0.1) is 0 Å². The van der Waals surface area contributed by atoms with Crippen LogP contribution >= 0.6 is 0 Å². The molecule has 2 aliphatic rings. The van der Waals surface area contributed by atoms with Crippen molar-refractivity contribution in [2.45, 2.75) is 81.6 Å². The van der Waals surface area contributed by atoms with E-state index in [0.717, 1.165) is 6.92 Å². The number of aliphatic hydroxyl groups excluding tert-OH is 5. The summed E-state index contributed by atoms with van der Waals surface area (Å²) in [7, 11) is -5.17. The fourth-order valence-corrected chi connectivity index (χ4v) is 4.02. The second-order valence-corrected chi connectivity index (χ2v) is 8.53. The number of ketones is 1. The smallest absolute Gasteiger partial charge is 0.394 e. The molecule has 1 amide bonds. The van der Waals surface area contributed by atoms with Crippen LogP contribution in [0.4, 0.5) is 0 Å². The number of carbonyl (C=O) groups excluding carboxylic acids is 2. The molecule has 0 spiro atoms. The van der Waals surface area contributed by atoms with Crippen LogP contribution in [0.3, 0.4) is 0 Å². The molecule has 2 rings (SSSR count). The first-order valence-corrected chi connectivity index (χ1v) is 10.8. The fourth-order valence-electron chi connectivity index (χ4n) is 3.51. The van der Waals surface area contributed by atoms with Crippen LogP contribution in [0.5, 0.6) is 0 Å². The average molecular weight is 489 g/mol. The summed E-state index contributed by atoms with van der Waals surface area (Å²) in [6, 6.07) is -1.56. The van der Waals surface area contributed by atoms with Crippen molar-refractivity contribution in [1.82, 2.24) is 5.32 Å². The van der Waals surface area contributed by atoms with Gasteiger partial charge in [-0.2, -0.15) is 8.42 Å². The number of hydrogen-bond donors (Lipinski definition) is 7. The fraction of sp³-hybridized carbons (Fsp3) is 0.875. The number of rotatable bonds is 8. The lowest BCUT2D eigenvalue weighted by Gasteiger charge is -2.47. The number of nitrogens with one attached hydrogen (secondary N) is 1. The van der Waals surface area contributed by atoms with Gasteiger partial charge in [0.1, 0.15) is 48.4 Å². The summed E-state index contributed by atoms with van der Waals surface area (Å²) in [6.07, 6.45) is -16.1. The van der Waals surface area contributed by atoms with Crippen LogP contribution in [-0.4, -0.2) is 118 Å². The molecule has 16 heteroatoms. The molecule has 2 saturated heterocycles. The second-order valence-electron chi connectivity index (χ2n) is 7.48. The second kappa shape index (κ2) is 10.7. The SMILES string of the molecule is CC(=O)C[C@@H]1O[C@H](O[C@@H]2[C@H](NC(C)=O)[C@H](O)O[C@H](CO)[C@@H]2OS(=O)(=O)O)[C@H](O)[C@@H](O)[C@@H]1O. The molecule has 2 heterocycles. The van der Waals surface area contributed by atoms with Crippen molar-refractivity contribution >= 4 is 22.1 Å². The summed E-state index contributed by atoms with van der Waals surface area (Å²) in [5.74, 6) is -1.16. The molecule has 0 radical (unpaired) electrons. The third-order valence-electron chi connectivity index (χ3n) is 4.90. The molecular formula is C16H27NO14S. The minimum atomic E-state index is -5.17. The Hall–Kier alpha value is -1.31. The minimum Gasteiger partial charge on any atom is -0.394 e. The molecule has 32 heavy (non-hydrogen) atoms. The van der Waals surface area contributed by atoms with E-state index in [4.69, 9.17) is 18.8 Å². The first-order chi connectivity index (χ1) is 14.7. The number of ether oxygens (including phenoxy) is 3. The number of amides is 1. The lowest BCUT2D eigenvalue weighted by molar-refractivity contribution is -0.336. The maximum atomic E-state index is 11.6. The molecule has 186 valence electrons. The number of hydrogen-bond acceptors (Lipinski definition) is 13. The lowest BCUT2D eigenvalue weighted by atomic mass is 9.94. The Morgan fingerprint density at radius 2 is 1.59 bits per heavy atom. The zero-order chi connectivity index (χ0) is 24.4. The van der Waals surface area contributed by atoms with Gasteiger partial charge in [-0.05, 0) is 6.92 Å². The van der Waals surface area contributed by atoms with Gasteiger partial charge in [0.25, 0.3) is 0 Å². The third-order valence-corrected chi connectivity index (χ3v) is 5.36. The van der Waals surface area contributed by atoms with E-state index >= 15 is 0 Å². The van der Waals surface area contributed by atoms with E-state index in [1.54, 1.807) is 0 Å². The van der Waals surface area contributed by atoms with Gasteiger partial charge in [0, 0.05) is 13.3 Å². The molecule has 0 unspecified atom stereocenters. The topological polar surface area (TPSA) is 239 Å². The van der Waals surface area contributed by atoms with Gasteiger partial charge in [-0.1, -0.05) is 0 Å². The zero-order valence-electron chi connectivity index (χ0n) is 17.0. The number of carbonyl (C=O) groups is 2. The van der Waals surface area contributed by atoms with Gasteiger partial charge >= 0.3 is 10.4 Å². The molecule has 15 nitrogen and oxygen atoms in total. The average Bonchev–Trinajstić information content (AvgIpc) is 2.66. The molecule has 0 aromatic rings. The molecule has 0 aromatic carbocycles. The predicted octanol–water partition coefficient (Wildman–Crippen LogP) is -4.44. The highest BCUT2D eigenvalue weighted by Crippen LogP contribution is 2.31. The maximum absolute atomic E-state index is 11.6. The normalized spacial score (nSPS) is 40.6. The molecule has 0 saturated carbocycles. The number of Topliss-reactive ketones (excluding diaryl/α,β-unsaturated/α-hetero) is 1. The Kier molecular flexibility index (Phi) is 9.05. The van der Waals surface area contributed by atoms with Crippen LogP contribution in [0.2, 0.25) is 0 Å². The van der Waals surface area contributed by atoms with Crippen molar-refractivity contribution in [1.29, 1.82) is 0 Å². The van der Waals surface area contributed by atoms with E-state index in [0.29, 0.717) is 0 Å². The van der Waals surface area contributed by atoms with Crippen molar-refractivity contribution in [2.24, 2.45) is 0 Å². The minimum absolute atomic E-state index is 0.374. The highest BCUT2D eigenvalue weighted by molar-refractivity contribution is 7.80. The summed E-state index contributed by atoms with van der Waals surface area (Å²) < 4.78 is 52.3. The van der Waals surface area contributed by atoms with Crippen molar-refractivity contribution in [3.63, 3.8) is 0 Å². The molecular weight excluding hydrogens is 462 g/mol. The van der Waals surface area contributed by atoms with Crippen LogP contribution in [0, 0.1) is 0 Å². The van der Waals surface area contributed by atoms with E-state index in [9.17, 15) is 43.5 Å². The summed E-state index contributed by atoms with van der Waals surface area (Å²) in [4.78, 5) is 23.0. The monoisotopic (exact) mass is 489 g/mol. The highest BCUT2D eigenvalue weighted by atomic mass is 32.3. The van der Waals surface area contributed by atoms with Crippen molar-refractivity contribution < 1.29 is 66.5 Å². The Bertz CT molecular complexity index is 777. The molecule has 2 aliphatic heterocycles. The lowest BCUT2D eigenvalue weighted by Crippen LogP contribution is -2.68. The molecule has 10 atom stereocenters. The van der Waals surface area contributed by atoms with Gasteiger partial charge in [-0.25, -0.2) is 4.18 Å². The maximum Gasteiger partial charge on any atom is 0.397 e. The summed E-state index contributed by atoms with van der Waals surface area (Å²) in [5.41, 5.74) is 0. The van der Waals surface area contributed by atoms with E-state index in [2.05, 4.69) is 9.50 Å². The summed E-state index contributed by atoms with van der Waals surface area (Å²) in [6.45, 7) is 1.31. The van der Waals surface area contributed by atoms with E-state index in [-0.39, 0.29) is 6.42 Å². The predicted molar refractivity (Wildman–Crippen MR) is 98.8 cm³/mol. The van der Waals surface area contributed by atoms with Crippen molar-refractivity contribution in [3.05, 3.63) is 0 Å². The Morgan fingerprint density at radius 1 is 0.969 bits per heavy atom. The van der Waals surface area contributed by atoms with E-state index in [1.807, 2.05) is 0 Å². The summed E-state index contributed by atoms with van der Waals surface area (Å²) >= 11 is 0. The van der Waals surface area contributed by atoms with Crippen molar-refractivity contribution in [3.8, 4) is 0 Å². The quantitative estimate of drug-likeness (QED) is 0.159. The molecule has 7 N–H and O–H groups in total. The summed E-state index contributed by atoms with van der Waals surface area (Å²) in [5, 5.41) is 52.4. The van der Waals surface area contributed by atoms with Crippen LogP contribution in [0.1, 0.15) is 20.3 Å². The van der Waals surface area contributed by atoms with Gasteiger partial charge < -0.3 is 45.1 Å². The van der Waals surface area contributed by atoms with Crippen LogP contribution in [0.25, 0.3) is 0 Å². The van der Waals surface area contributed by atoms with Gasteiger partial charge in [0.2, 0.25) is 5.91 Å². The standard InChI is InChI=1S/C16H27NO14S/c1-5(19)3-7-10(21)11(22)12(23)16(29-7)30-14-9(17-6(2)20)15(24)28-8(4-18)13(14)31-32(25,26)27/h7-16,18,21-24H,3-4H2,1-2H3,(H,17,20)(H,25,26,27)/t7-,8+,9-,10+,11-,12+,13-,14+,15+,16+/m0/s1. The van der Waals surface area contributed by atoms with Crippen LogP contribution in [0.15, 0.2) is 0 Å². The van der Waals surface area contributed by atoms with Gasteiger partial charge in [0.15, 0.2) is 12.6 Å². The Morgan fingerprint density at radius 3 is 2.09 bits per heavy atom. The van der Waals surface area contributed by atoms with E-state index < -0.39 is 90.0 Å². The molecule has 0 aliphatic carbocycles. The highest BCUT2D eigenvalue weighted by Gasteiger charge is 2.53. The molecule has 0 aromatic heterocycles. The number of aliphatic hydroxyl groups is 5. The van der Waals surface area contributed by atoms with Crippen LogP contribution in [-0.2, 0) is 38.4 Å². The van der Waals surface area contributed by atoms with Crippen molar-refractivity contribution in [2.75, 3.05) is 6.61 Å². The molecule has 0 bridgehead atoms. The Balaban J connectivity index is 2.40. The largest absolute Gasteiger partial charge is 0.397 e. The first-order valence-electron chi connectivity index (χ1n) is 9.47. The van der Waals surface area contributed by atoms with Crippen LogP contribution < -0.4 is 5.32 Å². The molecule has 2 fully saturated rings.